The first kappa shape index (κ1) is 17.2. The van der Waals surface area contributed by atoms with Crippen LogP contribution in [0, 0.1) is 6.92 Å². The smallest absolute Gasteiger partial charge is 0.221 e. The number of hydrogen-bond acceptors (Lipinski definition) is 4. The summed E-state index contributed by atoms with van der Waals surface area (Å²) in [5.41, 5.74) is 0.743. The van der Waals surface area contributed by atoms with Crippen molar-refractivity contribution in [1.82, 2.24) is 0 Å². The van der Waals surface area contributed by atoms with Crippen LogP contribution in [0.1, 0.15) is 35.2 Å². The Morgan fingerprint density at radius 1 is 1.35 bits per heavy atom. The van der Waals surface area contributed by atoms with E-state index in [0.29, 0.717) is 34.6 Å². The lowest BCUT2D eigenvalue weighted by atomic mass is 10.1. The Morgan fingerprint density at radius 2 is 2.13 bits per heavy atom. The lowest BCUT2D eigenvalue weighted by Gasteiger charge is -2.12. The molecule has 0 spiro atoms. The van der Waals surface area contributed by atoms with Crippen molar-refractivity contribution in [2.24, 2.45) is 0 Å². The summed E-state index contributed by atoms with van der Waals surface area (Å²) in [4.78, 5) is 12.0. The number of hydrogen-bond donors (Lipinski definition) is 0. The molecule has 0 saturated carbocycles. The molecule has 0 aliphatic carbocycles. The third-order valence-electron chi connectivity index (χ3n) is 3.11. The Kier molecular flexibility index (Phi) is 5.88. The molecular formula is C18H19ClO4. The third-order valence-corrected chi connectivity index (χ3v) is 3.39. The van der Waals surface area contributed by atoms with Crippen LogP contribution >= 0.6 is 11.6 Å². The number of aryl methyl sites for hydroxylation is 1. The van der Waals surface area contributed by atoms with Gasteiger partial charge in [0.2, 0.25) is 5.78 Å². The first-order valence-corrected chi connectivity index (χ1v) is 7.72. The maximum absolute atomic E-state index is 12.0. The Morgan fingerprint density at radius 3 is 2.74 bits per heavy atom. The van der Waals surface area contributed by atoms with Crippen LogP contribution in [-0.4, -0.2) is 19.5 Å². The summed E-state index contributed by atoms with van der Waals surface area (Å²) < 4.78 is 16.2. The highest BCUT2D eigenvalue weighted by atomic mass is 35.5. The van der Waals surface area contributed by atoms with Crippen LogP contribution < -0.4 is 9.47 Å². The molecule has 2 rings (SSSR count). The number of furan rings is 1. The summed E-state index contributed by atoms with van der Waals surface area (Å²) in [5, 5.41) is 0.443. The number of methoxy groups -OCH3 is 1. The molecule has 0 fully saturated rings. The molecule has 122 valence electrons. The lowest BCUT2D eigenvalue weighted by molar-refractivity contribution is 0.102. The van der Waals surface area contributed by atoms with Crippen LogP contribution in [0.25, 0.3) is 6.08 Å². The monoisotopic (exact) mass is 334 g/mol. The van der Waals surface area contributed by atoms with E-state index in [0.717, 1.165) is 12.0 Å². The minimum absolute atomic E-state index is 0.209. The summed E-state index contributed by atoms with van der Waals surface area (Å²) >= 11 is 6.24. The van der Waals surface area contributed by atoms with Gasteiger partial charge >= 0.3 is 0 Å². The fourth-order valence-electron chi connectivity index (χ4n) is 2.00. The number of carbonyl (C=O) groups is 1. The molecule has 0 unspecified atom stereocenters. The molecule has 5 heteroatoms. The van der Waals surface area contributed by atoms with Crippen molar-refractivity contribution in [3.05, 3.63) is 52.4 Å². The largest absolute Gasteiger partial charge is 0.493 e. The molecule has 2 aromatic rings. The molecule has 0 N–H and O–H groups in total. The molecule has 0 atom stereocenters. The van der Waals surface area contributed by atoms with Gasteiger partial charge in [0.25, 0.3) is 0 Å². The molecule has 0 radical (unpaired) electrons. The van der Waals surface area contributed by atoms with Crippen LogP contribution in [0.5, 0.6) is 11.5 Å². The van der Waals surface area contributed by atoms with Gasteiger partial charge in [-0.15, -0.1) is 0 Å². The number of rotatable bonds is 7. The van der Waals surface area contributed by atoms with E-state index in [1.54, 1.807) is 44.4 Å². The van der Waals surface area contributed by atoms with Gasteiger partial charge in [0.1, 0.15) is 5.76 Å². The van der Waals surface area contributed by atoms with Crippen molar-refractivity contribution >= 4 is 23.5 Å². The normalized spacial score (nSPS) is 11.0. The molecule has 0 amide bonds. The number of benzene rings is 1. The molecule has 0 aliphatic heterocycles. The Bertz CT molecular complexity index is 716. The van der Waals surface area contributed by atoms with Gasteiger partial charge in [0, 0.05) is 0 Å². The number of ether oxygens (including phenoxy) is 2. The average Bonchev–Trinajstić information content (AvgIpc) is 2.97. The van der Waals surface area contributed by atoms with Gasteiger partial charge in [-0.05, 0) is 49.2 Å². The zero-order chi connectivity index (χ0) is 16.8. The van der Waals surface area contributed by atoms with E-state index in [9.17, 15) is 4.79 Å². The second-order valence-electron chi connectivity index (χ2n) is 4.99. The van der Waals surface area contributed by atoms with E-state index >= 15 is 0 Å². The van der Waals surface area contributed by atoms with Crippen LogP contribution in [0.2, 0.25) is 5.02 Å². The highest BCUT2D eigenvalue weighted by molar-refractivity contribution is 6.32. The van der Waals surface area contributed by atoms with E-state index in [4.69, 9.17) is 25.5 Å². The maximum atomic E-state index is 12.0. The number of carbonyl (C=O) groups excluding carboxylic acids is 1. The Balaban J connectivity index is 2.21. The van der Waals surface area contributed by atoms with Gasteiger partial charge in [-0.3, -0.25) is 4.79 Å². The van der Waals surface area contributed by atoms with Crippen molar-refractivity contribution < 1.29 is 18.7 Å². The topological polar surface area (TPSA) is 48.7 Å². The summed E-state index contributed by atoms with van der Waals surface area (Å²) in [6.07, 6.45) is 3.98. The molecular weight excluding hydrogens is 316 g/mol. The lowest BCUT2D eigenvalue weighted by Crippen LogP contribution is -1.99. The molecule has 1 aromatic carbocycles. The molecule has 0 bridgehead atoms. The Labute approximate surface area is 140 Å². The van der Waals surface area contributed by atoms with Crippen molar-refractivity contribution in [3.8, 4) is 11.5 Å². The zero-order valence-electron chi connectivity index (χ0n) is 13.4. The summed E-state index contributed by atoms with van der Waals surface area (Å²) in [6.45, 7) is 4.36. The van der Waals surface area contributed by atoms with Crippen LogP contribution in [0.4, 0.5) is 0 Å². The molecule has 1 heterocycles. The standard InChI is InChI=1S/C18H19ClO4/c1-4-9-22-18-14(19)10-13(11-17(18)21-3)6-7-15(20)16-8-5-12(2)23-16/h5-8,10-11H,4,9H2,1-3H3. The Hall–Kier alpha value is -2.20. The third kappa shape index (κ3) is 4.39. The van der Waals surface area contributed by atoms with Gasteiger partial charge in [-0.25, -0.2) is 0 Å². The van der Waals surface area contributed by atoms with Crippen LogP contribution in [-0.2, 0) is 0 Å². The SMILES string of the molecule is CCCOc1c(Cl)cc(C=CC(=O)c2ccc(C)o2)cc1OC. The minimum Gasteiger partial charge on any atom is -0.493 e. The van der Waals surface area contributed by atoms with E-state index < -0.39 is 0 Å². The molecule has 1 aromatic heterocycles. The quantitative estimate of drug-likeness (QED) is 0.532. The zero-order valence-corrected chi connectivity index (χ0v) is 14.1. The van der Waals surface area contributed by atoms with Crippen molar-refractivity contribution in [2.45, 2.75) is 20.3 Å². The van der Waals surface area contributed by atoms with E-state index in [1.807, 2.05) is 6.92 Å². The number of allylic oxidation sites excluding steroid dienone is 1. The molecule has 23 heavy (non-hydrogen) atoms. The van der Waals surface area contributed by atoms with E-state index in [-0.39, 0.29) is 5.78 Å². The van der Waals surface area contributed by atoms with Gasteiger partial charge in [-0.1, -0.05) is 24.6 Å². The van der Waals surface area contributed by atoms with E-state index in [2.05, 4.69) is 0 Å². The first-order valence-electron chi connectivity index (χ1n) is 7.34. The van der Waals surface area contributed by atoms with Crippen molar-refractivity contribution in [2.75, 3.05) is 13.7 Å². The highest BCUT2D eigenvalue weighted by Crippen LogP contribution is 2.36. The summed E-state index contributed by atoms with van der Waals surface area (Å²) in [5.74, 6) is 1.84. The van der Waals surface area contributed by atoms with Crippen LogP contribution in [0.3, 0.4) is 0 Å². The molecule has 0 saturated heterocycles. The predicted octanol–water partition coefficient (Wildman–Crippen LogP) is 4.93. The maximum Gasteiger partial charge on any atom is 0.221 e. The number of ketones is 1. The summed E-state index contributed by atoms with van der Waals surface area (Å²) in [6, 6.07) is 6.90. The van der Waals surface area contributed by atoms with Gasteiger partial charge in [0.05, 0.1) is 18.7 Å². The van der Waals surface area contributed by atoms with Gasteiger partial charge in [0.15, 0.2) is 17.3 Å². The van der Waals surface area contributed by atoms with Crippen molar-refractivity contribution in [1.29, 1.82) is 0 Å². The van der Waals surface area contributed by atoms with Gasteiger partial charge < -0.3 is 13.9 Å². The number of halogens is 1. The highest BCUT2D eigenvalue weighted by Gasteiger charge is 2.12. The predicted molar refractivity (Wildman–Crippen MR) is 90.6 cm³/mol. The van der Waals surface area contributed by atoms with Crippen molar-refractivity contribution in [3.63, 3.8) is 0 Å². The first-order chi connectivity index (χ1) is 11.0. The second kappa shape index (κ2) is 7.88. The average molecular weight is 335 g/mol. The fraction of sp³-hybridized carbons (Fsp3) is 0.278. The fourth-order valence-corrected chi connectivity index (χ4v) is 2.27. The molecule has 4 nitrogen and oxygen atoms in total. The summed E-state index contributed by atoms with van der Waals surface area (Å²) in [7, 11) is 1.55. The van der Waals surface area contributed by atoms with E-state index in [1.165, 1.54) is 6.08 Å². The van der Waals surface area contributed by atoms with Gasteiger partial charge in [-0.2, -0.15) is 0 Å². The molecule has 0 aliphatic rings. The van der Waals surface area contributed by atoms with Crippen LogP contribution in [0.15, 0.2) is 34.8 Å². The minimum atomic E-state index is -0.209. The second-order valence-corrected chi connectivity index (χ2v) is 5.40.